The first-order valence-electron chi connectivity index (χ1n) is 9.98. The minimum atomic E-state index is -4.62. The van der Waals surface area contributed by atoms with Gasteiger partial charge in [-0.3, -0.25) is 0 Å². The number of nitrogens with zero attached hydrogens (tertiary/aromatic N) is 2. The average Bonchev–Trinajstić information content (AvgIpc) is 3.45. The second kappa shape index (κ2) is 8.03. The highest BCUT2D eigenvalue weighted by Gasteiger charge is 2.44. The summed E-state index contributed by atoms with van der Waals surface area (Å²) in [4.78, 5) is 13.4. The number of rotatable bonds is 4. The zero-order valence-electron chi connectivity index (χ0n) is 17.3. The molecule has 1 aromatic carbocycles. The van der Waals surface area contributed by atoms with Crippen LogP contribution in [0.3, 0.4) is 0 Å². The Balaban J connectivity index is 1.77. The van der Waals surface area contributed by atoms with Crippen molar-refractivity contribution in [2.45, 2.75) is 75.2 Å². The zero-order chi connectivity index (χ0) is 22.3. The lowest BCUT2D eigenvalue weighted by atomic mass is 10.1. The summed E-state index contributed by atoms with van der Waals surface area (Å²) >= 11 is 0. The maximum Gasteiger partial charge on any atom is 0.416 e. The predicted molar refractivity (Wildman–Crippen MR) is 104 cm³/mol. The fraction of sp³-hybridized carbons (Fsp3) is 0.650. The molecule has 0 unspecified atom stereocenters. The van der Waals surface area contributed by atoms with Crippen molar-refractivity contribution in [3.63, 3.8) is 0 Å². The molecule has 1 amide bonds. The number of ether oxygens (including phenoxy) is 1. The molecule has 0 aromatic heterocycles. The van der Waals surface area contributed by atoms with Crippen LogP contribution in [0.25, 0.3) is 0 Å². The minimum absolute atomic E-state index is 0.206. The molecular weight excluding hydrogens is 421 g/mol. The molecule has 3 rings (SSSR count). The van der Waals surface area contributed by atoms with E-state index < -0.39 is 33.5 Å². The van der Waals surface area contributed by atoms with Gasteiger partial charge in [0.15, 0.2) is 0 Å². The molecule has 0 atom stereocenters. The Hall–Kier alpha value is -1.81. The largest absolute Gasteiger partial charge is 0.444 e. The Kier molecular flexibility index (Phi) is 6.12. The quantitative estimate of drug-likeness (QED) is 0.690. The number of piperidine rings is 1. The van der Waals surface area contributed by atoms with Gasteiger partial charge in [0, 0.05) is 25.2 Å². The number of likely N-dealkylation sites (tertiary alicyclic amines) is 1. The number of halogens is 3. The van der Waals surface area contributed by atoms with Crippen LogP contribution in [0, 0.1) is 0 Å². The van der Waals surface area contributed by atoms with Crippen molar-refractivity contribution in [2.75, 3.05) is 13.1 Å². The fourth-order valence-corrected chi connectivity index (χ4v) is 5.58. The lowest BCUT2D eigenvalue weighted by Crippen LogP contribution is -2.50. The van der Waals surface area contributed by atoms with Crippen LogP contribution in [0.5, 0.6) is 0 Å². The molecule has 1 saturated heterocycles. The van der Waals surface area contributed by atoms with E-state index in [1.54, 1.807) is 25.7 Å². The fourth-order valence-electron chi connectivity index (χ4n) is 3.60. The highest BCUT2D eigenvalue weighted by atomic mass is 32.2. The third-order valence-corrected chi connectivity index (χ3v) is 7.12. The van der Waals surface area contributed by atoms with Crippen LogP contribution in [0.2, 0.25) is 0 Å². The second-order valence-electron chi connectivity index (χ2n) is 8.79. The van der Waals surface area contributed by atoms with Crippen molar-refractivity contribution in [2.24, 2.45) is 0 Å². The Labute approximate surface area is 175 Å². The van der Waals surface area contributed by atoms with E-state index >= 15 is 0 Å². The van der Waals surface area contributed by atoms with E-state index in [0.29, 0.717) is 44.8 Å². The van der Waals surface area contributed by atoms with Gasteiger partial charge in [0.05, 0.1) is 10.5 Å². The van der Waals surface area contributed by atoms with E-state index in [9.17, 15) is 26.4 Å². The second-order valence-corrected chi connectivity index (χ2v) is 10.6. The number of amides is 1. The summed E-state index contributed by atoms with van der Waals surface area (Å²) in [7, 11) is -4.09. The zero-order valence-corrected chi connectivity index (χ0v) is 18.1. The van der Waals surface area contributed by atoms with Gasteiger partial charge in [-0.2, -0.15) is 17.5 Å². The first-order chi connectivity index (χ1) is 13.8. The van der Waals surface area contributed by atoms with Crippen molar-refractivity contribution in [3.05, 3.63) is 29.8 Å². The van der Waals surface area contributed by atoms with Crippen LogP contribution in [0.1, 0.15) is 52.0 Å². The molecule has 2 fully saturated rings. The van der Waals surface area contributed by atoms with E-state index in [-0.39, 0.29) is 17.0 Å². The molecule has 6 nitrogen and oxygen atoms in total. The summed E-state index contributed by atoms with van der Waals surface area (Å²) in [6.45, 7) is 5.98. The van der Waals surface area contributed by atoms with Crippen LogP contribution in [0.15, 0.2) is 29.2 Å². The lowest BCUT2D eigenvalue weighted by molar-refractivity contribution is -0.137. The summed E-state index contributed by atoms with van der Waals surface area (Å²) in [5.41, 5.74) is -1.61. The van der Waals surface area contributed by atoms with Gasteiger partial charge in [0.2, 0.25) is 10.0 Å². The molecule has 1 heterocycles. The van der Waals surface area contributed by atoms with E-state index in [2.05, 4.69) is 0 Å². The van der Waals surface area contributed by atoms with Gasteiger partial charge < -0.3 is 9.64 Å². The standard InChI is InChI=1S/C20H27F3N2O4S/c1-19(2,3)29-18(26)24-11-9-16(10-12-24)25(15-7-8-15)30(27,28)17-6-4-5-14(13-17)20(21,22)23/h4-6,13,15-16H,7-12H2,1-3H3. The van der Waals surface area contributed by atoms with E-state index in [1.807, 2.05) is 0 Å². The van der Waals surface area contributed by atoms with Crippen LogP contribution in [0.4, 0.5) is 18.0 Å². The van der Waals surface area contributed by atoms with E-state index in [1.165, 1.54) is 10.4 Å². The Morgan fingerprint density at radius 1 is 1.07 bits per heavy atom. The summed E-state index contributed by atoms with van der Waals surface area (Å²) in [6.07, 6.45) is -2.87. The third-order valence-electron chi connectivity index (χ3n) is 5.12. The molecule has 0 N–H and O–H groups in total. The van der Waals surface area contributed by atoms with Gasteiger partial charge in [0.1, 0.15) is 5.60 Å². The first kappa shape index (κ1) is 22.9. The molecule has 2 aliphatic rings. The van der Waals surface area contributed by atoms with Crippen molar-refractivity contribution in [3.8, 4) is 0 Å². The van der Waals surface area contributed by atoms with Crippen LogP contribution >= 0.6 is 0 Å². The van der Waals surface area contributed by atoms with Crippen LogP contribution in [-0.4, -0.2) is 54.5 Å². The Morgan fingerprint density at radius 3 is 2.13 bits per heavy atom. The molecule has 168 valence electrons. The van der Waals surface area contributed by atoms with Gasteiger partial charge in [-0.1, -0.05) is 6.07 Å². The summed E-state index contributed by atoms with van der Waals surface area (Å²) < 4.78 is 72.4. The number of hydrogen-bond acceptors (Lipinski definition) is 4. The maximum absolute atomic E-state index is 13.2. The van der Waals surface area contributed by atoms with Crippen LogP contribution in [-0.2, 0) is 20.9 Å². The summed E-state index contributed by atoms with van der Waals surface area (Å²) in [6, 6.07) is 3.31. The summed E-state index contributed by atoms with van der Waals surface area (Å²) in [5.74, 6) is 0. The molecule has 0 spiro atoms. The van der Waals surface area contributed by atoms with Gasteiger partial charge in [-0.25, -0.2) is 13.2 Å². The number of carbonyl (C=O) groups excluding carboxylic acids is 1. The molecule has 1 saturated carbocycles. The number of alkyl halides is 3. The first-order valence-corrected chi connectivity index (χ1v) is 11.4. The Morgan fingerprint density at radius 2 is 1.63 bits per heavy atom. The molecule has 1 aliphatic carbocycles. The highest BCUT2D eigenvalue weighted by molar-refractivity contribution is 7.89. The van der Waals surface area contributed by atoms with Crippen molar-refractivity contribution < 1.29 is 31.1 Å². The smallest absolute Gasteiger partial charge is 0.416 e. The van der Waals surface area contributed by atoms with Crippen molar-refractivity contribution in [1.82, 2.24) is 9.21 Å². The normalized spacial score (nSPS) is 19.2. The Bertz CT molecular complexity index is 884. The number of hydrogen-bond donors (Lipinski definition) is 0. The minimum Gasteiger partial charge on any atom is -0.444 e. The predicted octanol–water partition coefficient (Wildman–Crippen LogP) is 4.26. The monoisotopic (exact) mass is 448 g/mol. The topological polar surface area (TPSA) is 66.9 Å². The molecule has 10 heteroatoms. The highest BCUT2D eigenvalue weighted by Crippen LogP contribution is 2.38. The number of benzene rings is 1. The molecule has 1 aliphatic heterocycles. The summed E-state index contributed by atoms with van der Waals surface area (Å²) in [5, 5.41) is 0. The van der Waals surface area contributed by atoms with Gasteiger partial charge in [0.25, 0.3) is 0 Å². The molecule has 30 heavy (non-hydrogen) atoms. The van der Waals surface area contributed by atoms with Crippen LogP contribution < -0.4 is 0 Å². The molecule has 1 aromatic rings. The number of carbonyl (C=O) groups is 1. The van der Waals surface area contributed by atoms with Crippen molar-refractivity contribution in [1.29, 1.82) is 0 Å². The molecular formula is C20H27F3N2O4S. The average molecular weight is 449 g/mol. The maximum atomic E-state index is 13.2. The lowest BCUT2D eigenvalue weighted by Gasteiger charge is -2.38. The SMILES string of the molecule is CC(C)(C)OC(=O)N1CCC(N(C2CC2)S(=O)(=O)c2cccc(C(F)(F)F)c2)CC1. The number of sulfonamides is 1. The van der Waals surface area contributed by atoms with Gasteiger partial charge in [-0.15, -0.1) is 0 Å². The van der Waals surface area contributed by atoms with E-state index in [4.69, 9.17) is 4.74 Å². The molecule has 0 bridgehead atoms. The molecule has 0 radical (unpaired) electrons. The van der Waals surface area contributed by atoms with Gasteiger partial charge >= 0.3 is 12.3 Å². The van der Waals surface area contributed by atoms with Gasteiger partial charge in [-0.05, 0) is 64.7 Å². The van der Waals surface area contributed by atoms with E-state index in [0.717, 1.165) is 12.1 Å². The third kappa shape index (κ3) is 5.26. The van der Waals surface area contributed by atoms with Crippen molar-refractivity contribution >= 4 is 16.1 Å².